The molecule has 1 aliphatic rings. The SMILES string of the molecule is Clc1ccc(-c2nc(-c3ccccc3)nc(-c3ccc4c(c3)c3ccccc3n4-c3ccccc3)n2)c2ccccc12.c1ccc(-c2nc(-c3ccc4c(c3)c3ccccc3n4-c3ccccc3)nc(-c3ccc(-n4c5ccccc5c5cc6ccccc6cc54)c4ccccc34)n2)cc1.c1ccc2c(c1)Cc1cc3ccccc3cc1-2. The van der Waals surface area contributed by atoms with Crippen LogP contribution in [0.1, 0.15) is 11.1 Å². The second-order valence-corrected chi connectivity index (χ2v) is 30.2. The van der Waals surface area contributed by atoms with Gasteiger partial charge in [-0.25, -0.2) is 29.9 Å². The van der Waals surface area contributed by atoms with Crippen LogP contribution in [0.2, 0.25) is 5.02 Å². The van der Waals surface area contributed by atoms with Crippen LogP contribution in [0.4, 0.5) is 0 Å². The van der Waals surface area contributed by atoms with Crippen LogP contribution in [0.5, 0.6) is 0 Å². The van der Waals surface area contributed by atoms with Crippen molar-refractivity contribution >= 4 is 120 Å². The third-order valence-electron chi connectivity index (χ3n) is 22.9. The van der Waals surface area contributed by atoms with Gasteiger partial charge in [-0.2, -0.15) is 0 Å². The number of hydrogen-bond acceptors (Lipinski definition) is 6. The van der Waals surface area contributed by atoms with E-state index >= 15 is 0 Å². The van der Waals surface area contributed by atoms with Crippen molar-refractivity contribution < 1.29 is 0 Å². The number of nitrogens with zero attached hydrogens (tertiary/aromatic N) is 9. The van der Waals surface area contributed by atoms with Gasteiger partial charge in [0.2, 0.25) is 0 Å². The zero-order chi connectivity index (χ0) is 77.4. The Balaban J connectivity index is 0.000000121. The molecule has 10 heteroatoms. The van der Waals surface area contributed by atoms with Crippen molar-refractivity contribution in [2.75, 3.05) is 0 Å². The molecule has 5 aromatic heterocycles. The first-order chi connectivity index (χ1) is 57.9. The van der Waals surface area contributed by atoms with Crippen molar-refractivity contribution in [1.82, 2.24) is 43.6 Å². The van der Waals surface area contributed by atoms with E-state index in [2.05, 4.69) is 329 Å². The predicted octanol–water partition coefficient (Wildman–Crippen LogP) is 27.6. The highest BCUT2D eigenvalue weighted by atomic mass is 35.5. The molecule has 0 bridgehead atoms. The Morgan fingerprint density at radius 1 is 0.197 bits per heavy atom. The highest BCUT2D eigenvalue weighted by Crippen LogP contribution is 2.44. The minimum absolute atomic E-state index is 0.610. The summed E-state index contributed by atoms with van der Waals surface area (Å²) in [5, 5.41) is 17.1. The molecule has 0 unspecified atom stereocenters. The monoisotopic (exact) mass is 1510 g/mol. The van der Waals surface area contributed by atoms with Gasteiger partial charge in [0.1, 0.15) is 0 Å². The summed E-state index contributed by atoms with van der Waals surface area (Å²) in [5.41, 5.74) is 21.6. The van der Waals surface area contributed by atoms with Crippen LogP contribution in [-0.2, 0) is 6.42 Å². The topological polar surface area (TPSA) is 92.1 Å². The van der Waals surface area contributed by atoms with Gasteiger partial charge in [-0.3, -0.25) is 0 Å². The van der Waals surface area contributed by atoms with E-state index in [1.165, 1.54) is 76.4 Å². The molecular formula is C107H68ClN9. The fourth-order valence-corrected chi connectivity index (χ4v) is 17.7. The lowest BCUT2D eigenvalue weighted by molar-refractivity contribution is 1.08. The summed E-state index contributed by atoms with van der Waals surface area (Å²) >= 11 is 6.57. The number of halogens is 1. The number of benzene rings is 18. The van der Waals surface area contributed by atoms with Crippen molar-refractivity contribution in [2.24, 2.45) is 0 Å². The van der Waals surface area contributed by atoms with Gasteiger partial charge in [0.15, 0.2) is 34.9 Å². The lowest BCUT2D eigenvalue weighted by Crippen LogP contribution is -2.02. The number of rotatable bonds is 9. The standard InChI is InChI=1S/C53H33N5.C37H23ClN4.C17H12/c1-3-15-34(16-4-1)51-54-52(37-27-29-49-44(32-37)41-23-11-13-25-46(41)57(49)38-19-5-2-6-20-38)56-53(55-51)43-28-30-48(40-22-10-9-21-39(40)43)58-47-26-14-12-24-42(47)45-31-35-17-7-8-18-36(35)33-50(45)58;38-32-21-20-30(27-15-7-8-16-28(27)32)37-40-35(24-11-3-1-4-12-24)39-36(41-37)25-19-22-34-31(23-25)29-17-9-10-18-33(29)42(34)26-13-5-2-6-14-26;1-2-6-13-11-17-15(9-12(13)5-1)10-14-7-3-4-8-16(14)17/h1-33H;1-23H;1-9,11H,10H2. The molecule has 24 rings (SSSR count). The lowest BCUT2D eigenvalue weighted by Gasteiger charge is -2.15. The second-order valence-electron chi connectivity index (χ2n) is 29.8. The molecule has 5 heterocycles. The van der Waals surface area contributed by atoms with Crippen LogP contribution in [0.15, 0.2) is 400 Å². The highest BCUT2D eigenvalue weighted by molar-refractivity contribution is 6.36. The molecule has 0 aliphatic heterocycles. The van der Waals surface area contributed by atoms with Crippen molar-refractivity contribution in [2.45, 2.75) is 6.42 Å². The molecule has 548 valence electrons. The number of fused-ring (bicyclic) bond motifs is 16. The van der Waals surface area contributed by atoms with Crippen LogP contribution in [-0.4, -0.2) is 43.6 Å². The predicted molar refractivity (Wildman–Crippen MR) is 485 cm³/mol. The Morgan fingerprint density at radius 2 is 0.564 bits per heavy atom. The van der Waals surface area contributed by atoms with Crippen LogP contribution in [0.3, 0.4) is 0 Å². The Kier molecular flexibility index (Phi) is 16.8. The summed E-state index contributed by atoms with van der Waals surface area (Å²) in [7, 11) is 0. The minimum atomic E-state index is 0.610. The number of hydrogen-bond donors (Lipinski definition) is 0. The van der Waals surface area contributed by atoms with Gasteiger partial charge >= 0.3 is 0 Å². The van der Waals surface area contributed by atoms with E-state index < -0.39 is 0 Å². The van der Waals surface area contributed by atoms with Crippen LogP contribution < -0.4 is 0 Å². The fraction of sp³-hybridized carbons (Fsp3) is 0.00935. The third-order valence-corrected chi connectivity index (χ3v) is 23.2. The lowest BCUT2D eigenvalue weighted by atomic mass is 10.0. The van der Waals surface area contributed by atoms with Gasteiger partial charge in [-0.15, -0.1) is 0 Å². The molecule has 18 aromatic carbocycles. The average molecular weight is 1520 g/mol. The fourth-order valence-electron chi connectivity index (χ4n) is 17.5. The van der Waals surface area contributed by atoms with Gasteiger partial charge in [0, 0.05) is 92.9 Å². The van der Waals surface area contributed by atoms with Gasteiger partial charge in [-0.1, -0.05) is 291 Å². The maximum atomic E-state index is 6.57. The molecule has 0 saturated heterocycles. The van der Waals surface area contributed by atoms with Crippen molar-refractivity contribution in [3.05, 3.63) is 417 Å². The maximum Gasteiger partial charge on any atom is 0.164 e. The van der Waals surface area contributed by atoms with E-state index in [1.807, 2.05) is 84.9 Å². The first-order valence-electron chi connectivity index (χ1n) is 39.5. The normalized spacial score (nSPS) is 11.8. The average Bonchev–Trinajstić information content (AvgIpc) is 1.87. The zero-order valence-electron chi connectivity index (χ0n) is 63.2. The van der Waals surface area contributed by atoms with E-state index in [4.69, 9.17) is 41.5 Å². The van der Waals surface area contributed by atoms with E-state index in [-0.39, 0.29) is 0 Å². The van der Waals surface area contributed by atoms with Gasteiger partial charge < -0.3 is 13.7 Å². The van der Waals surface area contributed by atoms with Crippen LogP contribution in [0.25, 0.3) is 205 Å². The van der Waals surface area contributed by atoms with Crippen molar-refractivity contribution in [3.63, 3.8) is 0 Å². The molecule has 23 aromatic rings. The summed E-state index contributed by atoms with van der Waals surface area (Å²) in [6, 6.07) is 140. The third kappa shape index (κ3) is 12.1. The molecule has 0 spiro atoms. The summed E-state index contributed by atoms with van der Waals surface area (Å²) < 4.78 is 7.05. The second kappa shape index (κ2) is 28.7. The number of para-hydroxylation sites is 5. The molecule has 9 nitrogen and oxygen atoms in total. The molecule has 0 amide bonds. The van der Waals surface area contributed by atoms with E-state index in [0.29, 0.717) is 40.0 Å². The molecule has 0 radical (unpaired) electrons. The largest absolute Gasteiger partial charge is 0.309 e. The molecule has 0 saturated carbocycles. The van der Waals surface area contributed by atoms with Crippen molar-refractivity contribution in [3.8, 4) is 96.5 Å². The molecule has 117 heavy (non-hydrogen) atoms. The first-order valence-corrected chi connectivity index (χ1v) is 39.8. The first kappa shape index (κ1) is 68.5. The zero-order valence-corrected chi connectivity index (χ0v) is 64.0. The van der Waals surface area contributed by atoms with E-state index in [1.54, 1.807) is 0 Å². The van der Waals surface area contributed by atoms with Crippen LogP contribution >= 0.6 is 11.6 Å². The van der Waals surface area contributed by atoms with E-state index in [0.717, 1.165) is 111 Å². The van der Waals surface area contributed by atoms with Gasteiger partial charge in [-0.05, 0) is 182 Å². The summed E-state index contributed by atoms with van der Waals surface area (Å²) in [4.78, 5) is 30.7. The molecule has 1 aliphatic carbocycles. The smallest absolute Gasteiger partial charge is 0.164 e. The number of aromatic nitrogens is 9. The molecule has 0 N–H and O–H groups in total. The van der Waals surface area contributed by atoms with Gasteiger partial charge in [0.05, 0.1) is 38.8 Å². The quantitative estimate of drug-likeness (QED) is 0.143. The maximum absolute atomic E-state index is 6.57. The highest BCUT2D eigenvalue weighted by Gasteiger charge is 2.24. The molecular weight excluding hydrogens is 1450 g/mol. The van der Waals surface area contributed by atoms with Crippen LogP contribution in [0, 0.1) is 0 Å². The van der Waals surface area contributed by atoms with Gasteiger partial charge in [0.25, 0.3) is 0 Å². The Bertz CT molecular complexity index is 7870. The minimum Gasteiger partial charge on any atom is -0.309 e. The summed E-state index contributed by atoms with van der Waals surface area (Å²) in [6.45, 7) is 0. The van der Waals surface area contributed by atoms with Crippen molar-refractivity contribution in [1.29, 1.82) is 0 Å². The molecule has 0 fully saturated rings. The van der Waals surface area contributed by atoms with E-state index in [9.17, 15) is 0 Å². The summed E-state index contributed by atoms with van der Waals surface area (Å²) in [5.74, 6) is 3.75. The Hall–Kier alpha value is -15.3. The Morgan fingerprint density at radius 3 is 1.09 bits per heavy atom. The Labute approximate surface area is 678 Å². The molecule has 0 atom stereocenters. The summed E-state index contributed by atoms with van der Waals surface area (Å²) in [6.07, 6.45) is 1.08.